The number of carbonyl (C=O) groups excluding carboxylic acids is 2. The van der Waals surface area contributed by atoms with Crippen molar-refractivity contribution in [2.24, 2.45) is 17.6 Å². The van der Waals surface area contributed by atoms with Crippen LogP contribution in [0.4, 0.5) is 4.39 Å². The number of hydrogen-bond donors (Lipinski definition) is 3. The first kappa shape index (κ1) is 27.0. The van der Waals surface area contributed by atoms with Gasteiger partial charge in [-0.3, -0.25) is 14.5 Å². The Morgan fingerprint density at radius 1 is 0.846 bits per heavy atom. The van der Waals surface area contributed by atoms with Crippen LogP contribution in [0.15, 0.2) is 66.7 Å². The van der Waals surface area contributed by atoms with Crippen molar-refractivity contribution in [1.29, 1.82) is 0 Å². The summed E-state index contributed by atoms with van der Waals surface area (Å²) in [7, 11) is 0. The molecule has 1 heterocycles. The second kappa shape index (κ2) is 11.3. The highest BCUT2D eigenvalue weighted by atomic mass is 19.1. The van der Waals surface area contributed by atoms with Crippen LogP contribution in [0.25, 0.3) is 0 Å². The van der Waals surface area contributed by atoms with Gasteiger partial charge in [0.05, 0.1) is 0 Å². The molecule has 0 amide bonds. The van der Waals surface area contributed by atoms with E-state index in [1.54, 1.807) is 43.3 Å². The number of nitrogens with two attached hydrogens (primary N) is 1. The van der Waals surface area contributed by atoms with Gasteiger partial charge in [-0.25, -0.2) is 4.39 Å². The molecular weight excluding hydrogens is 495 g/mol. The maximum Gasteiger partial charge on any atom is 0.167 e. The zero-order valence-corrected chi connectivity index (χ0v) is 22.1. The van der Waals surface area contributed by atoms with Gasteiger partial charge in [0.2, 0.25) is 0 Å². The molecule has 204 valence electrons. The Kier molecular flexibility index (Phi) is 7.82. The molecule has 2 aliphatic rings. The lowest BCUT2D eigenvalue weighted by Crippen LogP contribution is -2.58. The standard InChI is InChI=1S/C32H35FN2O4/c1-19-24(11-6-12-27(19)33)30-25(31(38)20-7-4-9-22(36)15-20)17-35(29-14-3-2-13-28(29)34)18-26(30)32(39)21-8-5-10-23(37)16-21/h4-12,15-16,25-26,28-30,36-37H,2-3,13-14,17-18,34H2,1H3/t25-,26-,28?,29?/m0/s1. The predicted molar refractivity (Wildman–Crippen MR) is 148 cm³/mol. The van der Waals surface area contributed by atoms with Crippen LogP contribution in [0.1, 0.15) is 63.4 Å². The summed E-state index contributed by atoms with van der Waals surface area (Å²) in [5.74, 6) is -2.81. The van der Waals surface area contributed by atoms with E-state index in [9.17, 15) is 24.2 Å². The highest BCUT2D eigenvalue weighted by Gasteiger charge is 2.47. The first-order valence-corrected chi connectivity index (χ1v) is 13.7. The number of nitrogens with zero attached hydrogens (tertiary/aromatic N) is 1. The molecule has 2 fully saturated rings. The van der Waals surface area contributed by atoms with Gasteiger partial charge in [0.15, 0.2) is 11.6 Å². The zero-order valence-electron chi connectivity index (χ0n) is 22.1. The zero-order chi connectivity index (χ0) is 27.7. The number of Topliss-reactive ketones (excluding diaryl/α,β-unsaturated/α-hetero) is 2. The molecule has 6 nitrogen and oxygen atoms in total. The van der Waals surface area contributed by atoms with E-state index in [-0.39, 0.29) is 35.1 Å². The number of piperidine rings is 1. The monoisotopic (exact) mass is 530 g/mol. The molecule has 1 saturated carbocycles. The summed E-state index contributed by atoms with van der Waals surface area (Å²) in [6.45, 7) is 2.43. The number of phenolic OH excluding ortho intramolecular Hbond substituents is 2. The van der Waals surface area contributed by atoms with Crippen molar-refractivity contribution in [3.05, 3.63) is 94.8 Å². The molecule has 1 aliphatic heterocycles. The van der Waals surface area contributed by atoms with Gasteiger partial charge in [-0.1, -0.05) is 49.2 Å². The van der Waals surface area contributed by atoms with Crippen LogP contribution < -0.4 is 5.73 Å². The number of aromatic hydroxyl groups is 2. The van der Waals surface area contributed by atoms with Crippen molar-refractivity contribution in [1.82, 2.24) is 4.90 Å². The number of halogens is 1. The summed E-state index contributed by atoms with van der Waals surface area (Å²) < 4.78 is 14.9. The molecule has 4 atom stereocenters. The Morgan fingerprint density at radius 3 is 1.92 bits per heavy atom. The van der Waals surface area contributed by atoms with Crippen LogP contribution in [-0.2, 0) is 0 Å². The second-order valence-electron chi connectivity index (χ2n) is 11.0. The van der Waals surface area contributed by atoms with Crippen LogP contribution in [0.2, 0.25) is 0 Å². The minimum Gasteiger partial charge on any atom is -0.508 e. The molecule has 0 radical (unpaired) electrons. The van der Waals surface area contributed by atoms with Crippen LogP contribution >= 0.6 is 0 Å². The SMILES string of the molecule is Cc1c(F)cccc1C1[C@@H](C(=O)c2cccc(O)c2)CN(C2CCCCC2N)C[C@@H]1C(=O)c1cccc(O)c1. The summed E-state index contributed by atoms with van der Waals surface area (Å²) in [5.41, 5.74) is 8.30. The van der Waals surface area contributed by atoms with E-state index in [2.05, 4.69) is 4.90 Å². The maximum atomic E-state index is 14.9. The number of rotatable bonds is 6. The van der Waals surface area contributed by atoms with E-state index < -0.39 is 23.6 Å². The first-order chi connectivity index (χ1) is 18.7. The summed E-state index contributed by atoms with van der Waals surface area (Å²) in [6, 6.07) is 17.2. The topological polar surface area (TPSA) is 104 Å². The van der Waals surface area contributed by atoms with Gasteiger partial charge in [0.25, 0.3) is 0 Å². The second-order valence-corrected chi connectivity index (χ2v) is 11.0. The van der Waals surface area contributed by atoms with Crippen LogP contribution in [-0.4, -0.2) is 51.9 Å². The Labute approximate surface area is 228 Å². The number of carbonyl (C=O) groups is 2. The Hall–Kier alpha value is -3.55. The quantitative estimate of drug-likeness (QED) is 0.378. The minimum absolute atomic E-state index is 0.0197. The molecule has 3 aromatic rings. The van der Waals surface area contributed by atoms with Gasteiger partial charge in [0, 0.05) is 54.1 Å². The lowest BCUT2D eigenvalue weighted by Gasteiger charge is -2.48. The number of benzene rings is 3. The summed E-state index contributed by atoms with van der Waals surface area (Å²) in [5, 5.41) is 20.2. The summed E-state index contributed by atoms with van der Waals surface area (Å²) >= 11 is 0. The van der Waals surface area contributed by atoms with Gasteiger partial charge >= 0.3 is 0 Å². The lowest BCUT2D eigenvalue weighted by molar-refractivity contribution is 0.0339. The van der Waals surface area contributed by atoms with Gasteiger partial charge in [-0.05, 0) is 61.2 Å². The fourth-order valence-electron chi connectivity index (χ4n) is 6.61. The number of ketones is 2. The maximum absolute atomic E-state index is 14.9. The largest absolute Gasteiger partial charge is 0.508 e. The van der Waals surface area contributed by atoms with E-state index in [1.807, 2.05) is 0 Å². The van der Waals surface area contributed by atoms with E-state index in [1.165, 1.54) is 30.3 Å². The number of phenols is 2. The minimum atomic E-state index is -0.679. The fraction of sp³-hybridized carbons (Fsp3) is 0.375. The Morgan fingerprint density at radius 2 is 1.38 bits per heavy atom. The fourth-order valence-corrected chi connectivity index (χ4v) is 6.61. The van der Waals surface area contributed by atoms with Crippen molar-refractivity contribution in [2.75, 3.05) is 13.1 Å². The van der Waals surface area contributed by atoms with Crippen molar-refractivity contribution in [3.63, 3.8) is 0 Å². The van der Waals surface area contributed by atoms with Crippen LogP contribution in [0, 0.1) is 24.6 Å². The van der Waals surface area contributed by atoms with Crippen molar-refractivity contribution in [3.8, 4) is 11.5 Å². The molecule has 2 unspecified atom stereocenters. The highest BCUT2D eigenvalue weighted by molar-refractivity contribution is 6.02. The molecule has 0 spiro atoms. The Bertz CT molecular complexity index is 1310. The van der Waals surface area contributed by atoms with Gasteiger partial charge in [-0.15, -0.1) is 0 Å². The number of likely N-dealkylation sites (tertiary alicyclic amines) is 1. The average molecular weight is 531 g/mol. The molecule has 0 bridgehead atoms. The third kappa shape index (κ3) is 5.47. The third-order valence-electron chi connectivity index (χ3n) is 8.58. The van der Waals surface area contributed by atoms with E-state index in [0.717, 1.165) is 25.7 Å². The smallest absolute Gasteiger partial charge is 0.167 e. The van der Waals surface area contributed by atoms with Crippen LogP contribution in [0.3, 0.4) is 0 Å². The molecule has 1 aliphatic carbocycles. The first-order valence-electron chi connectivity index (χ1n) is 13.7. The normalized spacial score (nSPS) is 24.4. The third-order valence-corrected chi connectivity index (χ3v) is 8.58. The summed E-state index contributed by atoms with van der Waals surface area (Å²) in [6.07, 6.45) is 3.83. The summed E-state index contributed by atoms with van der Waals surface area (Å²) in [4.78, 5) is 30.6. The van der Waals surface area contributed by atoms with Gasteiger partial charge < -0.3 is 15.9 Å². The Balaban J connectivity index is 1.66. The molecule has 4 N–H and O–H groups in total. The predicted octanol–water partition coefficient (Wildman–Crippen LogP) is 5.21. The molecule has 0 aromatic heterocycles. The van der Waals surface area contributed by atoms with Crippen molar-refractivity contribution >= 4 is 11.6 Å². The van der Waals surface area contributed by atoms with Crippen molar-refractivity contribution in [2.45, 2.75) is 50.6 Å². The molecule has 3 aromatic carbocycles. The van der Waals surface area contributed by atoms with Crippen molar-refractivity contribution < 1.29 is 24.2 Å². The lowest BCUT2D eigenvalue weighted by atomic mass is 9.67. The van der Waals surface area contributed by atoms with Gasteiger partial charge in [0.1, 0.15) is 17.3 Å². The molecular formula is C32H35FN2O4. The molecule has 7 heteroatoms. The molecule has 39 heavy (non-hydrogen) atoms. The highest BCUT2D eigenvalue weighted by Crippen LogP contribution is 2.44. The van der Waals surface area contributed by atoms with Gasteiger partial charge in [-0.2, -0.15) is 0 Å². The van der Waals surface area contributed by atoms with Crippen LogP contribution in [0.5, 0.6) is 11.5 Å². The molecule has 5 rings (SSSR count). The average Bonchev–Trinajstić information content (AvgIpc) is 2.93. The molecule has 1 saturated heterocycles. The van der Waals surface area contributed by atoms with E-state index in [0.29, 0.717) is 35.3 Å². The van der Waals surface area contributed by atoms with E-state index >= 15 is 0 Å². The van der Waals surface area contributed by atoms with E-state index in [4.69, 9.17) is 5.73 Å². The number of hydrogen-bond acceptors (Lipinski definition) is 6.